The molecule has 0 fully saturated rings. The fourth-order valence-corrected chi connectivity index (χ4v) is 5.75. The van der Waals surface area contributed by atoms with Gasteiger partial charge in [-0.05, 0) is 46.7 Å². The van der Waals surface area contributed by atoms with Crippen LogP contribution in [-0.4, -0.2) is 37.6 Å². The van der Waals surface area contributed by atoms with Crippen molar-refractivity contribution in [2.24, 2.45) is 0 Å². The highest BCUT2D eigenvalue weighted by Crippen LogP contribution is 2.43. The number of aromatic nitrogens is 4. The SMILES string of the molecule is Cc1ccccc1-n1nnnc1SCC(=O)N1c2ccccc2SCC1c1ccccc1. The quantitative estimate of drug-likeness (QED) is 0.394. The summed E-state index contributed by atoms with van der Waals surface area (Å²) in [6.07, 6.45) is 0. The molecule has 0 bridgehead atoms. The number of anilines is 1. The smallest absolute Gasteiger partial charge is 0.238 e. The first-order valence-electron chi connectivity index (χ1n) is 10.3. The van der Waals surface area contributed by atoms with Gasteiger partial charge >= 0.3 is 0 Å². The van der Waals surface area contributed by atoms with Crippen LogP contribution in [0.5, 0.6) is 0 Å². The average molecular weight is 460 g/mol. The van der Waals surface area contributed by atoms with Crippen molar-refractivity contribution in [1.29, 1.82) is 0 Å². The summed E-state index contributed by atoms with van der Waals surface area (Å²) in [7, 11) is 0. The Morgan fingerprint density at radius 2 is 1.72 bits per heavy atom. The maximum absolute atomic E-state index is 13.6. The van der Waals surface area contributed by atoms with Crippen LogP contribution in [0, 0.1) is 6.92 Å². The molecule has 1 unspecified atom stereocenters. The van der Waals surface area contributed by atoms with E-state index in [1.54, 1.807) is 16.4 Å². The minimum atomic E-state index is -0.0171. The van der Waals surface area contributed by atoms with Crippen molar-refractivity contribution >= 4 is 35.1 Å². The topological polar surface area (TPSA) is 63.9 Å². The molecule has 1 amide bonds. The highest BCUT2D eigenvalue weighted by molar-refractivity contribution is 8.00. The van der Waals surface area contributed by atoms with Crippen molar-refractivity contribution in [2.45, 2.75) is 23.0 Å². The number of benzene rings is 3. The third-order valence-corrected chi connectivity index (χ3v) is 7.44. The molecule has 0 saturated carbocycles. The molecule has 0 saturated heterocycles. The molecule has 1 aliphatic heterocycles. The molecule has 0 spiro atoms. The molecule has 1 aromatic heterocycles. The van der Waals surface area contributed by atoms with E-state index >= 15 is 0 Å². The van der Waals surface area contributed by atoms with Crippen LogP contribution in [0.3, 0.4) is 0 Å². The predicted octanol–water partition coefficient (Wildman–Crippen LogP) is 4.94. The van der Waals surface area contributed by atoms with Crippen LogP contribution in [-0.2, 0) is 4.79 Å². The number of tetrazole rings is 1. The van der Waals surface area contributed by atoms with Gasteiger partial charge in [0.1, 0.15) is 0 Å². The number of amides is 1. The van der Waals surface area contributed by atoms with Gasteiger partial charge in [-0.1, -0.05) is 72.4 Å². The van der Waals surface area contributed by atoms with Crippen LogP contribution in [0.4, 0.5) is 5.69 Å². The summed E-state index contributed by atoms with van der Waals surface area (Å²) in [5.74, 6) is 1.10. The molecule has 32 heavy (non-hydrogen) atoms. The third kappa shape index (κ3) is 4.03. The molecule has 1 aliphatic rings. The molecular formula is C24H21N5OS2. The van der Waals surface area contributed by atoms with Gasteiger partial charge in [0, 0.05) is 10.6 Å². The Bertz CT molecular complexity index is 1240. The van der Waals surface area contributed by atoms with E-state index < -0.39 is 0 Å². The van der Waals surface area contributed by atoms with Gasteiger partial charge in [-0.2, -0.15) is 4.68 Å². The fourth-order valence-electron chi connectivity index (χ4n) is 3.84. The summed E-state index contributed by atoms with van der Waals surface area (Å²) in [4.78, 5) is 16.6. The standard InChI is InChI=1S/C24H21N5OS2/c1-17-9-5-6-12-19(17)29-24(25-26-27-29)32-16-23(30)28-20-13-7-8-14-22(20)31-15-21(28)18-10-3-2-4-11-18/h2-14,21H,15-16H2,1H3. The van der Waals surface area contributed by atoms with Gasteiger partial charge in [0.25, 0.3) is 0 Å². The van der Waals surface area contributed by atoms with E-state index in [4.69, 9.17) is 0 Å². The third-order valence-electron chi connectivity index (χ3n) is 5.40. The van der Waals surface area contributed by atoms with E-state index in [-0.39, 0.29) is 17.7 Å². The van der Waals surface area contributed by atoms with Gasteiger partial charge in [0.15, 0.2) is 0 Å². The molecule has 0 radical (unpaired) electrons. The zero-order valence-electron chi connectivity index (χ0n) is 17.5. The largest absolute Gasteiger partial charge is 0.302 e. The maximum atomic E-state index is 13.6. The first kappa shape index (κ1) is 20.8. The lowest BCUT2D eigenvalue weighted by molar-refractivity contribution is -0.116. The van der Waals surface area contributed by atoms with E-state index in [0.29, 0.717) is 5.16 Å². The number of rotatable bonds is 5. The normalized spacial score (nSPS) is 15.4. The summed E-state index contributed by atoms with van der Waals surface area (Å²) < 4.78 is 1.70. The van der Waals surface area contributed by atoms with Crippen LogP contribution in [0.15, 0.2) is 88.9 Å². The lowest BCUT2D eigenvalue weighted by Crippen LogP contribution is -2.39. The van der Waals surface area contributed by atoms with Gasteiger partial charge in [-0.3, -0.25) is 4.79 Å². The first-order valence-corrected chi connectivity index (χ1v) is 12.3. The minimum absolute atomic E-state index is 0.0171. The molecule has 0 N–H and O–H groups in total. The summed E-state index contributed by atoms with van der Waals surface area (Å²) in [6.45, 7) is 2.02. The van der Waals surface area contributed by atoms with Gasteiger partial charge in [-0.15, -0.1) is 16.9 Å². The second-order valence-corrected chi connectivity index (χ2v) is 9.42. The molecule has 4 aromatic rings. The van der Waals surface area contributed by atoms with Crippen molar-refractivity contribution in [2.75, 3.05) is 16.4 Å². The number of aryl methyl sites for hydroxylation is 1. The fraction of sp³-hybridized carbons (Fsp3) is 0.167. The molecular weight excluding hydrogens is 438 g/mol. The van der Waals surface area contributed by atoms with Crippen LogP contribution < -0.4 is 4.90 Å². The highest BCUT2D eigenvalue weighted by Gasteiger charge is 2.32. The Labute approximate surface area is 195 Å². The molecule has 160 valence electrons. The van der Waals surface area contributed by atoms with Crippen LogP contribution in [0.2, 0.25) is 0 Å². The Hall–Kier alpha value is -3.10. The summed E-state index contributed by atoms with van der Waals surface area (Å²) in [6, 6.07) is 26.2. The van der Waals surface area contributed by atoms with E-state index in [1.165, 1.54) is 11.8 Å². The number of carbonyl (C=O) groups excluding carboxylic acids is 1. The van der Waals surface area contributed by atoms with Gasteiger partial charge in [0.2, 0.25) is 11.1 Å². The van der Waals surface area contributed by atoms with Gasteiger partial charge in [-0.25, -0.2) is 0 Å². The van der Waals surface area contributed by atoms with Crippen molar-refractivity contribution in [3.63, 3.8) is 0 Å². The van der Waals surface area contributed by atoms with Crippen LogP contribution >= 0.6 is 23.5 Å². The van der Waals surface area contributed by atoms with E-state index in [9.17, 15) is 4.79 Å². The number of nitrogens with zero attached hydrogens (tertiary/aromatic N) is 5. The van der Waals surface area contributed by atoms with E-state index in [1.807, 2.05) is 72.5 Å². The maximum Gasteiger partial charge on any atom is 0.238 e. The van der Waals surface area contributed by atoms with Gasteiger partial charge < -0.3 is 4.90 Å². The Morgan fingerprint density at radius 3 is 2.53 bits per heavy atom. The predicted molar refractivity (Wildman–Crippen MR) is 128 cm³/mol. The number of para-hydroxylation sites is 2. The number of hydrogen-bond donors (Lipinski definition) is 0. The Morgan fingerprint density at radius 1 is 1.00 bits per heavy atom. The monoisotopic (exact) mass is 459 g/mol. The van der Waals surface area contributed by atoms with Crippen molar-refractivity contribution in [3.8, 4) is 5.69 Å². The lowest BCUT2D eigenvalue weighted by atomic mass is 10.1. The summed E-state index contributed by atoms with van der Waals surface area (Å²) in [5, 5.41) is 12.7. The average Bonchev–Trinajstić information content (AvgIpc) is 3.31. The van der Waals surface area contributed by atoms with Gasteiger partial charge in [0.05, 0.1) is 23.2 Å². The number of carbonyl (C=O) groups is 1. The van der Waals surface area contributed by atoms with Crippen molar-refractivity contribution in [3.05, 3.63) is 90.0 Å². The molecule has 3 aromatic carbocycles. The zero-order chi connectivity index (χ0) is 21.9. The minimum Gasteiger partial charge on any atom is -0.302 e. The summed E-state index contributed by atoms with van der Waals surface area (Å²) >= 11 is 3.15. The van der Waals surface area contributed by atoms with Crippen LogP contribution in [0.25, 0.3) is 5.69 Å². The van der Waals surface area contributed by atoms with E-state index in [2.05, 4.69) is 33.7 Å². The highest BCUT2D eigenvalue weighted by atomic mass is 32.2. The number of hydrogen-bond acceptors (Lipinski definition) is 6. The molecule has 2 heterocycles. The summed E-state index contributed by atoms with van der Waals surface area (Å²) in [5.41, 5.74) is 4.08. The second kappa shape index (κ2) is 9.18. The van der Waals surface area contributed by atoms with Crippen LogP contribution in [0.1, 0.15) is 17.2 Å². The molecule has 5 rings (SSSR count). The lowest BCUT2D eigenvalue weighted by Gasteiger charge is -2.37. The Balaban J connectivity index is 1.42. The van der Waals surface area contributed by atoms with Crippen molar-refractivity contribution < 1.29 is 4.79 Å². The molecule has 6 nitrogen and oxygen atoms in total. The van der Waals surface area contributed by atoms with E-state index in [0.717, 1.165) is 33.2 Å². The molecule has 8 heteroatoms. The van der Waals surface area contributed by atoms with Crippen molar-refractivity contribution in [1.82, 2.24) is 20.2 Å². The molecule has 1 atom stereocenters. The number of thioether (sulfide) groups is 2. The second-order valence-electron chi connectivity index (χ2n) is 7.42. The first-order chi connectivity index (χ1) is 15.7. The molecule has 0 aliphatic carbocycles. The number of fused-ring (bicyclic) bond motifs is 1. The Kier molecular flexibility index (Phi) is 5.96. The zero-order valence-corrected chi connectivity index (χ0v) is 19.1.